The molecule has 0 fully saturated rings. The quantitative estimate of drug-likeness (QED) is 0.617. The molecular formula is C11H10BaO5S. The van der Waals surface area contributed by atoms with Crippen molar-refractivity contribution in [1.29, 1.82) is 0 Å². The minimum atomic E-state index is -4.29. The van der Waals surface area contributed by atoms with Crippen molar-refractivity contribution in [2.75, 3.05) is 0 Å². The van der Waals surface area contributed by atoms with Crippen molar-refractivity contribution in [2.45, 2.75) is 4.90 Å². The van der Waals surface area contributed by atoms with Gasteiger partial charge in [-0.05, 0) is 11.5 Å². The fourth-order valence-electron chi connectivity index (χ4n) is 1.55. The van der Waals surface area contributed by atoms with Gasteiger partial charge in [-0.1, -0.05) is 36.4 Å². The van der Waals surface area contributed by atoms with Crippen LogP contribution in [0.5, 0.6) is 0 Å². The standard InChI is InChI=1S/C11H8O5S.Ba.2H/c12-11(13)16-17(14,15)10-7-3-5-8-4-1-2-6-9(8)10;;;/h1-7H,(H,12,13);;;. The first kappa shape index (κ1) is 15.5. The Morgan fingerprint density at radius 2 is 1.67 bits per heavy atom. The fourth-order valence-corrected chi connectivity index (χ4v) is 2.53. The zero-order chi connectivity index (χ0) is 12.5. The molecule has 0 atom stereocenters. The molecule has 0 amide bonds. The van der Waals surface area contributed by atoms with Crippen molar-refractivity contribution in [3.8, 4) is 0 Å². The van der Waals surface area contributed by atoms with Crippen molar-refractivity contribution < 1.29 is 22.5 Å². The number of carboxylic acid groups (broad SMARTS) is 1. The zero-order valence-electron chi connectivity index (χ0n) is 8.53. The molecule has 0 radical (unpaired) electrons. The summed E-state index contributed by atoms with van der Waals surface area (Å²) in [5.74, 6) is 0. The molecule has 2 aromatic rings. The summed E-state index contributed by atoms with van der Waals surface area (Å²) in [6, 6.07) is 11.3. The van der Waals surface area contributed by atoms with Gasteiger partial charge in [0, 0.05) is 5.39 Å². The second-order valence-corrected chi connectivity index (χ2v) is 4.80. The molecule has 2 aromatic carbocycles. The van der Waals surface area contributed by atoms with Gasteiger partial charge in [-0.25, -0.2) is 4.79 Å². The Morgan fingerprint density at radius 3 is 2.33 bits per heavy atom. The van der Waals surface area contributed by atoms with Gasteiger partial charge >= 0.3 is 65.2 Å². The number of hydrogen-bond donors (Lipinski definition) is 1. The van der Waals surface area contributed by atoms with E-state index >= 15 is 0 Å². The van der Waals surface area contributed by atoms with Crippen LogP contribution in [-0.2, 0) is 14.3 Å². The van der Waals surface area contributed by atoms with E-state index in [0.717, 1.165) is 0 Å². The molecular weight excluding hydrogens is 382 g/mol. The second-order valence-electron chi connectivity index (χ2n) is 3.28. The monoisotopic (exact) mass is 392 g/mol. The van der Waals surface area contributed by atoms with Crippen molar-refractivity contribution in [3.63, 3.8) is 0 Å². The van der Waals surface area contributed by atoms with E-state index in [-0.39, 0.29) is 53.8 Å². The van der Waals surface area contributed by atoms with Gasteiger partial charge in [-0.15, -0.1) is 0 Å². The summed E-state index contributed by atoms with van der Waals surface area (Å²) >= 11 is 0. The number of hydrogen-bond acceptors (Lipinski definition) is 4. The zero-order valence-corrected chi connectivity index (χ0v) is 9.35. The van der Waals surface area contributed by atoms with Crippen LogP contribution >= 0.6 is 0 Å². The molecule has 18 heavy (non-hydrogen) atoms. The van der Waals surface area contributed by atoms with E-state index in [0.29, 0.717) is 10.8 Å². The molecule has 1 N–H and O–H groups in total. The topological polar surface area (TPSA) is 80.7 Å². The Labute approximate surface area is 144 Å². The van der Waals surface area contributed by atoms with E-state index in [4.69, 9.17) is 5.11 Å². The Bertz CT molecular complexity index is 675. The normalized spacial score (nSPS) is 10.7. The summed E-state index contributed by atoms with van der Waals surface area (Å²) in [6.07, 6.45) is -1.85. The third-order valence-corrected chi connectivity index (χ3v) is 3.46. The Hall–Kier alpha value is -0.509. The summed E-state index contributed by atoms with van der Waals surface area (Å²) in [6.45, 7) is 0. The van der Waals surface area contributed by atoms with Crippen molar-refractivity contribution in [3.05, 3.63) is 42.5 Å². The fraction of sp³-hybridized carbons (Fsp3) is 0. The molecule has 0 aromatic heterocycles. The molecule has 0 aliphatic carbocycles. The number of benzene rings is 2. The van der Waals surface area contributed by atoms with E-state index < -0.39 is 16.3 Å². The van der Waals surface area contributed by atoms with Crippen LogP contribution in [0.25, 0.3) is 10.8 Å². The van der Waals surface area contributed by atoms with Crippen molar-refractivity contribution in [2.24, 2.45) is 0 Å². The number of fused-ring (bicyclic) bond motifs is 1. The van der Waals surface area contributed by atoms with Crippen LogP contribution in [0.1, 0.15) is 0 Å². The molecule has 0 unspecified atom stereocenters. The third kappa shape index (κ3) is 3.28. The Balaban J connectivity index is 0.00000162. The van der Waals surface area contributed by atoms with Crippen LogP contribution in [0.3, 0.4) is 0 Å². The molecule has 0 saturated carbocycles. The summed E-state index contributed by atoms with van der Waals surface area (Å²) in [5.41, 5.74) is 0. The van der Waals surface area contributed by atoms with E-state index in [9.17, 15) is 13.2 Å². The van der Waals surface area contributed by atoms with Gasteiger partial charge in [0.05, 0.1) is 0 Å². The third-order valence-electron chi connectivity index (χ3n) is 2.20. The average molecular weight is 392 g/mol. The predicted molar refractivity (Wildman–Crippen MR) is 68.8 cm³/mol. The molecule has 2 rings (SSSR count). The van der Waals surface area contributed by atoms with E-state index in [1.54, 1.807) is 30.3 Å². The molecule has 0 saturated heterocycles. The van der Waals surface area contributed by atoms with Crippen molar-refractivity contribution in [1.82, 2.24) is 0 Å². The Kier molecular flexibility index (Phi) is 5.26. The summed E-state index contributed by atoms with van der Waals surface area (Å²) < 4.78 is 27.2. The van der Waals surface area contributed by atoms with Gasteiger partial charge in [0.15, 0.2) is 0 Å². The molecule has 0 aliphatic heterocycles. The summed E-state index contributed by atoms with van der Waals surface area (Å²) in [5, 5.41) is 9.51. The Morgan fingerprint density at radius 1 is 1.06 bits per heavy atom. The first-order valence-corrected chi connectivity index (χ1v) is 6.07. The molecule has 0 aliphatic rings. The average Bonchev–Trinajstić information content (AvgIpc) is 2.26. The molecule has 0 heterocycles. The van der Waals surface area contributed by atoms with Crippen molar-refractivity contribution >= 4 is 75.9 Å². The van der Waals surface area contributed by atoms with Crippen LogP contribution in [-0.4, -0.2) is 68.6 Å². The van der Waals surface area contributed by atoms with Gasteiger partial charge in [-0.3, -0.25) is 0 Å². The van der Waals surface area contributed by atoms with E-state index in [2.05, 4.69) is 4.18 Å². The van der Waals surface area contributed by atoms with Crippen LogP contribution < -0.4 is 0 Å². The van der Waals surface area contributed by atoms with Crippen LogP contribution in [0.15, 0.2) is 47.4 Å². The molecule has 7 heteroatoms. The van der Waals surface area contributed by atoms with E-state index in [1.807, 2.05) is 0 Å². The first-order valence-electron chi connectivity index (χ1n) is 4.66. The van der Waals surface area contributed by atoms with Crippen LogP contribution in [0.2, 0.25) is 0 Å². The number of rotatable bonds is 2. The molecule has 0 spiro atoms. The van der Waals surface area contributed by atoms with E-state index in [1.165, 1.54) is 12.1 Å². The predicted octanol–water partition coefficient (Wildman–Crippen LogP) is 1.31. The maximum atomic E-state index is 11.7. The van der Waals surface area contributed by atoms with Crippen LogP contribution in [0.4, 0.5) is 4.79 Å². The number of carbonyl (C=O) groups is 1. The van der Waals surface area contributed by atoms with Gasteiger partial charge in [0.2, 0.25) is 0 Å². The molecule has 0 bridgehead atoms. The second kappa shape index (κ2) is 6.09. The van der Waals surface area contributed by atoms with Gasteiger partial charge < -0.3 is 9.29 Å². The summed E-state index contributed by atoms with van der Waals surface area (Å²) in [7, 11) is -4.29. The SMILES string of the molecule is O=C(O)OS(=O)(=O)c1cccc2ccccc12.[BaH2]. The minimum absolute atomic E-state index is 0. The first-order chi connectivity index (χ1) is 8.00. The molecule has 5 nitrogen and oxygen atoms in total. The summed E-state index contributed by atoms with van der Waals surface area (Å²) in [4.78, 5) is 10.2. The van der Waals surface area contributed by atoms with Gasteiger partial charge in [-0.2, -0.15) is 8.42 Å². The van der Waals surface area contributed by atoms with Crippen LogP contribution in [0, 0.1) is 0 Å². The van der Waals surface area contributed by atoms with Gasteiger partial charge in [0.25, 0.3) is 0 Å². The van der Waals surface area contributed by atoms with Gasteiger partial charge in [0.1, 0.15) is 4.90 Å². The maximum absolute atomic E-state index is 11.7. The molecule has 92 valence electrons.